The number of ketones is 1. The standard InChI is InChI=1S/C24H22FN3O4/c1-3-26-24(30)28-11-8-15-12-16(4-5-20(15)28)32-22-7-10-27-19-14-23(31-2)18(13-17(19)22)21(29)6-9-25/h4-5,7-8,10-14H,3,6,9H2,1-2H3,(H,26,30). The number of ether oxygens (including phenoxy) is 2. The van der Waals surface area contributed by atoms with Gasteiger partial charge < -0.3 is 14.8 Å². The molecule has 2 aromatic carbocycles. The number of Topliss-reactive ketones (excluding diaryl/α,β-unsaturated/α-hetero) is 1. The molecule has 0 saturated heterocycles. The number of carbonyl (C=O) groups excluding carboxylic acids is 2. The lowest BCUT2D eigenvalue weighted by atomic mass is 10.0. The van der Waals surface area contributed by atoms with Gasteiger partial charge in [0, 0.05) is 42.2 Å². The smallest absolute Gasteiger partial charge is 0.326 e. The minimum atomic E-state index is -0.744. The molecule has 164 valence electrons. The highest BCUT2D eigenvalue weighted by Crippen LogP contribution is 2.34. The van der Waals surface area contributed by atoms with Crippen molar-refractivity contribution in [2.45, 2.75) is 13.3 Å². The first-order valence-corrected chi connectivity index (χ1v) is 10.2. The van der Waals surface area contributed by atoms with Crippen LogP contribution in [-0.2, 0) is 0 Å². The Balaban J connectivity index is 1.72. The summed E-state index contributed by atoms with van der Waals surface area (Å²) in [5.41, 5.74) is 1.62. The zero-order valence-electron chi connectivity index (χ0n) is 17.7. The second-order valence-electron chi connectivity index (χ2n) is 7.08. The van der Waals surface area contributed by atoms with E-state index in [4.69, 9.17) is 9.47 Å². The lowest BCUT2D eigenvalue weighted by Gasteiger charge is -2.13. The molecule has 7 nitrogen and oxygen atoms in total. The minimum Gasteiger partial charge on any atom is -0.496 e. The normalized spacial score (nSPS) is 11.0. The molecule has 0 bridgehead atoms. The van der Waals surface area contributed by atoms with Crippen LogP contribution in [0.25, 0.3) is 21.8 Å². The summed E-state index contributed by atoms with van der Waals surface area (Å²) in [6.07, 6.45) is 3.08. The molecular weight excluding hydrogens is 413 g/mol. The summed E-state index contributed by atoms with van der Waals surface area (Å²) in [4.78, 5) is 28.9. The molecule has 0 fully saturated rings. The number of alkyl halides is 1. The van der Waals surface area contributed by atoms with Gasteiger partial charge in [-0.3, -0.25) is 18.7 Å². The van der Waals surface area contributed by atoms with E-state index in [-0.39, 0.29) is 23.8 Å². The molecule has 4 rings (SSSR count). The van der Waals surface area contributed by atoms with E-state index in [1.54, 1.807) is 41.2 Å². The van der Waals surface area contributed by atoms with Crippen LogP contribution >= 0.6 is 0 Å². The van der Waals surface area contributed by atoms with Crippen LogP contribution in [0.2, 0.25) is 0 Å². The van der Waals surface area contributed by atoms with E-state index in [0.29, 0.717) is 34.7 Å². The first-order valence-electron chi connectivity index (χ1n) is 10.2. The highest BCUT2D eigenvalue weighted by Gasteiger charge is 2.17. The number of amides is 1. The Hall–Kier alpha value is -3.94. The second-order valence-corrected chi connectivity index (χ2v) is 7.08. The van der Waals surface area contributed by atoms with Crippen molar-refractivity contribution in [3.63, 3.8) is 0 Å². The molecular formula is C24H22FN3O4. The Morgan fingerprint density at radius 1 is 1.12 bits per heavy atom. The van der Waals surface area contributed by atoms with Gasteiger partial charge in [-0.05, 0) is 43.3 Å². The van der Waals surface area contributed by atoms with Crippen molar-refractivity contribution >= 4 is 33.6 Å². The molecule has 32 heavy (non-hydrogen) atoms. The molecule has 4 aromatic rings. The van der Waals surface area contributed by atoms with E-state index in [1.807, 2.05) is 25.1 Å². The lowest BCUT2D eigenvalue weighted by molar-refractivity contribution is 0.0971. The van der Waals surface area contributed by atoms with Gasteiger partial charge in [0.15, 0.2) is 5.78 Å². The SMILES string of the molecule is CCNC(=O)n1ccc2cc(Oc3ccnc4cc(OC)c(C(=O)CCF)cc34)ccc21. The highest BCUT2D eigenvalue weighted by atomic mass is 19.1. The van der Waals surface area contributed by atoms with Crippen molar-refractivity contribution in [2.75, 3.05) is 20.3 Å². The van der Waals surface area contributed by atoms with E-state index in [2.05, 4.69) is 10.3 Å². The monoisotopic (exact) mass is 435 g/mol. The Morgan fingerprint density at radius 2 is 1.97 bits per heavy atom. The molecule has 2 aromatic heterocycles. The summed E-state index contributed by atoms with van der Waals surface area (Å²) in [5.74, 6) is 1.04. The number of nitrogens with one attached hydrogen (secondary N) is 1. The Morgan fingerprint density at radius 3 is 2.72 bits per heavy atom. The van der Waals surface area contributed by atoms with Crippen molar-refractivity contribution in [1.82, 2.24) is 14.9 Å². The predicted molar refractivity (Wildman–Crippen MR) is 120 cm³/mol. The van der Waals surface area contributed by atoms with E-state index in [0.717, 1.165) is 10.9 Å². The van der Waals surface area contributed by atoms with E-state index >= 15 is 0 Å². The number of methoxy groups -OCH3 is 1. The van der Waals surface area contributed by atoms with Gasteiger partial charge in [-0.1, -0.05) is 0 Å². The van der Waals surface area contributed by atoms with Crippen LogP contribution in [0, 0.1) is 0 Å². The number of hydrogen-bond donors (Lipinski definition) is 1. The zero-order valence-corrected chi connectivity index (χ0v) is 17.7. The van der Waals surface area contributed by atoms with Crippen molar-refractivity contribution in [3.05, 3.63) is 60.4 Å². The summed E-state index contributed by atoms with van der Waals surface area (Å²) in [5, 5.41) is 4.22. The van der Waals surface area contributed by atoms with Crippen molar-refractivity contribution in [1.29, 1.82) is 0 Å². The number of nitrogens with zero attached hydrogens (tertiary/aromatic N) is 2. The molecule has 0 saturated carbocycles. The van der Waals surface area contributed by atoms with Crippen LogP contribution in [0.4, 0.5) is 9.18 Å². The average Bonchev–Trinajstić information content (AvgIpc) is 3.22. The minimum absolute atomic E-state index is 0.198. The van der Waals surface area contributed by atoms with Gasteiger partial charge in [-0.15, -0.1) is 0 Å². The summed E-state index contributed by atoms with van der Waals surface area (Å²) in [7, 11) is 1.45. The molecule has 0 spiro atoms. The number of benzene rings is 2. The number of halogens is 1. The fraction of sp³-hybridized carbons (Fsp3) is 0.208. The molecule has 0 unspecified atom stereocenters. The fourth-order valence-corrected chi connectivity index (χ4v) is 3.57. The molecule has 0 atom stereocenters. The first-order chi connectivity index (χ1) is 15.5. The highest BCUT2D eigenvalue weighted by molar-refractivity contribution is 6.03. The third-order valence-electron chi connectivity index (χ3n) is 5.08. The summed E-state index contributed by atoms with van der Waals surface area (Å²) < 4.78 is 25.7. The largest absolute Gasteiger partial charge is 0.496 e. The van der Waals surface area contributed by atoms with Crippen molar-refractivity contribution in [2.24, 2.45) is 0 Å². The molecule has 2 heterocycles. The quantitative estimate of drug-likeness (QED) is 0.408. The van der Waals surface area contributed by atoms with Crippen LogP contribution in [0.5, 0.6) is 17.2 Å². The van der Waals surface area contributed by atoms with Crippen molar-refractivity contribution < 1.29 is 23.5 Å². The van der Waals surface area contributed by atoms with Gasteiger partial charge in [0.1, 0.15) is 17.2 Å². The number of fused-ring (bicyclic) bond motifs is 2. The van der Waals surface area contributed by atoms with Gasteiger partial charge in [0.05, 0.1) is 30.4 Å². The lowest BCUT2D eigenvalue weighted by Crippen LogP contribution is -2.27. The molecule has 0 aliphatic heterocycles. The van der Waals surface area contributed by atoms with Gasteiger partial charge in [-0.25, -0.2) is 4.79 Å². The predicted octanol–water partition coefficient (Wildman–Crippen LogP) is 5.11. The number of pyridine rings is 1. The Bertz CT molecular complexity index is 1320. The zero-order chi connectivity index (χ0) is 22.7. The van der Waals surface area contributed by atoms with Gasteiger partial charge >= 0.3 is 6.03 Å². The van der Waals surface area contributed by atoms with E-state index in [1.165, 1.54) is 7.11 Å². The van der Waals surface area contributed by atoms with Gasteiger partial charge in [-0.2, -0.15) is 0 Å². The molecule has 0 radical (unpaired) electrons. The summed E-state index contributed by atoms with van der Waals surface area (Å²) in [6.45, 7) is 1.66. The summed E-state index contributed by atoms with van der Waals surface area (Å²) >= 11 is 0. The molecule has 0 aliphatic rings. The molecule has 1 N–H and O–H groups in total. The molecule has 8 heteroatoms. The van der Waals surface area contributed by atoms with Crippen LogP contribution in [0.3, 0.4) is 0 Å². The number of rotatable bonds is 7. The number of hydrogen-bond acceptors (Lipinski definition) is 5. The van der Waals surface area contributed by atoms with Crippen LogP contribution in [0.15, 0.2) is 54.9 Å². The number of carbonyl (C=O) groups is 2. The van der Waals surface area contributed by atoms with Gasteiger partial charge in [0.2, 0.25) is 0 Å². The number of aromatic nitrogens is 2. The van der Waals surface area contributed by atoms with Crippen LogP contribution in [0.1, 0.15) is 23.7 Å². The fourth-order valence-electron chi connectivity index (χ4n) is 3.57. The maximum atomic E-state index is 12.7. The maximum absolute atomic E-state index is 12.7. The van der Waals surface area contributed by atoms with Crippen LogP contribution < -0.4 is 14.8 Å². The Labute approximate surface area is 183 Å². The molecule has 1 amide bonds. The Kier molecular flexibility index (Phi) is 6.02. The van der Waals surface area contributed by atoms with Crippen LogP contribution in [-0.4, -0.2) is 41.7 Å². The second kappa shape index (κ2) is 9.05. The third kappa shape index (κ3) is 3.99. The average molecular weight is 435 g/mol. The topological polar surface area (TPSA) is 82.5 Å². The maximum Gasteiger partial charge on any atom is 0.326 e. The van der Waals surface area contributed by atoms with E-state index in [9.17, 15) is 14.0 Å². The third-order valence-corrected chi connectivity index (χ3v) is 5.08. The van der Waals surface area contributed by atoms with Gasteiger partial charge in [0.25, 0.3) is 0 Å². The summed E-state index contributed by atoms with van der Waals surface area (Å²) in [6, 6.07) is 12.0. The van der Waals surface area contributed by atoms with E-state index < -0.39 is 6.67 Å². The van der Waals surface area contributed by atoms with Crippen molar-refractivity contribution in [3.8, 4) is 17.2 Å². The molecule has 0 aliphatic carbocycles. The first kappa shape index (κ1) is 21.3.